The number of thiophene rings is 1. The van der Waals surface area contributed by atoms with Crippen molar-refractivity contribution >= 4 is 38.9 Å². The highest BCUT2D eigenvalue weighted by molar-refractivity contribution is 9.10. The maximum Gasteiger partial charge on any atom is 0.107 e. The number of nitrogens with zero attached hydrogens (tertiary/aromatic N) is 1. The average Bonchev–Trinajstić information content (AvgIpc) is 3.01. The highest BCUT2D eigenvalue weighted by atomic mass is 79.9. The fraction of sp³-hybridized carbons (Fsp3) is 0.714. The summed E-state index contributed by atoms with van der Waals surface area (Å²) >= 11 is 11.3. The third kappa shape index (κ3) is 3.53. The van der Waals surface area contributed by atoms with Crippen LogP contribution in [-0.2, 0) is 6.54 Å². The van der Waals surface area contributed by atoms with Gasteiger partial charge in [0.1, 0.15) is 4.34 Å². The molecular formula is C14H20BrClN2S. The van der Waals surface area contributed by atoms with Gasteiger partial charge < -0.3 is 5.32 Å². The van der Waals surface area contributed by atoms with Gasteiger partial charge in [0, 0.05) is 28.5 Å². The van der Waals surface area contributed by atoms with E-state index in [1.165, 1.54) is 50.2 Å². The van der Waals surface area contributed by atoms with Gasteiger partial charge in [0.15, 0.2) is 0 Å². The summed E-state index contributed by atoms with van der Waals surface area (Å²) in [4.78, 5) is 3.97. The van der Waals surface area contributed by atoms with Crippen LogP contribution in [-0.4, -0.2) is 30.6 Å². The highest BCUT2D eigenvalue weighted by Crippen LogP contribution is 2.33. The maximum atomic E-state index is 6.12. The van der Waals surface area contributed by atoms with Crippen molar-refractivity contribution in [2.75, 3.05) is 19.6 Å². The van der Waals surface area contributed by atoms with E-state index in [0.717, 1.165) is 27.3 Å². The Morgan fingerprint density at radius 3 is 3.00 bits per heavy atom. The van der Waals surface area contributed by atoms with Gasteiger partial charge in [-0.2, -0.15) is 0 Å². The largest absolute Gasteiger partial charge is 0.314 e. The van der Waals surface area contributed by atoms with Crippen LogP contribution in [0, 0.1) is 5.92 Å². The minimum Gasteiger partial charge on any atom is -0.314 e. The molecule has 2 nitrogen and oxygen atoms in total. The molecule has 106 valence electrons. The molecule has 2 aliphatic rings. The van der Waals surface area contributed by atoms with Gasteiger partial charge in [0.05, 0.1) is 0 Å². The molecule has 2 unspecified atom stereocenters. The van der Waals surface area contributed by atoms with Crippen molar-refractivity contribution in [3.05, 3.63) is 19.8 Å². The summed E-state index contributed by atoms with van der Waals surface area (Å²) in [6.07, 6.45) is 5.45. The molecule has 3 rings (SSSR count). The van der Waals surface area contributed by atoms with E-state index in [9.17, 15) is 0 Å². The lowest BCUT2D eigenvalue weighted by molar-refractivity contribution is 0.146. The molecule has 0 bridgehead atoms. The van der Waals surface area contributed by atoms with Crippen molar-refractivity contribution in [1.82, 2.24) is 10.2 Å². The number of hydrogen-bond acceptors (Lipinski definition) is 3. The molecule has 0 aliphatic carbocycles. The first kappa shape index (κ1) is 14.3. The molecule has 2 fully saturated rings. The van der Waals surface area contributed by atoms with E-state index < -0.39 is 0 Å². The van der Waals surface area contributed by atoms with Gasteiger partial charge in [-0.05, 0) is 66.7 Å². The SMILES string of the molecule is Clc1sc(CN2CCCC(C3CCCN3)C2)cc1Br. The fourth-order valence-electron chi connectivity index (χ4n) is 3.37. The molecule has 2 aliphatic heterocycles. The molecule has 0 saturated carbocycles. The second kappa shape index (κ2) is 6.44. The fourth-order valence-corrected chi connectivity index (χ4v) is 5.20. The van der Waals surface area contributed by atoms with Gasteiger partial charge in [-0.25, -0.2) is 0 Å². The average molecular weight is 364 g/mol. The summed E-state index contributed by atoms with van der Waals surface area (Å²) in [5.41, 5.74) is 0. The molecule has 3 heterocycles. The standard InChI is InChI=1S/C14H20BrClN2S/c15-12-7-11(19-14(12)16)9-18-6-2-3-10(8-18)13-4-1-5-17-13/h7,10,13,17H,1-6,8-9H2. The Bertz CT molecular complexity index is 412. The van der Waals surface area contributed by atoms with Crippen LogP contribution in [0.15, 0.2) is 10.5 Å². The van der Waals surface area contributed by atoms with Crippen LogP contribution in [0.2, 0.25) is 4.34 Å². The summed E-state index contributed by atoms with van der Waals surface area (Å²) in [6.45, 7) is 4.75. The van der Waals surface area contributed by atoms with E-state index in [4.69, 9.17) is 11.6 Å². The van der Waals surface area contributed by atoms with Crippen LogP contribution < -0.4 is 5.32 Å². The second-order valence-electron chi connectivity index (χ2n) is 5.67. The van der Waals surface area contributed by atoms with Crippen LogP contribution in [0.5, 0.6) is 0 Å². The van der Waals surface area contributed by atoms with Crippen molar-refractivity contribution in [1.29, 1.82) is 0 Å². The van der Waals surface area contributed by atoms with Crippen LogP contribution in [0.1, 0.15) is 30.6 Å². The molecule has 0 radical (unpaired) electrons. The zero-order valence-corrected chi connectivity index (χ0v) is 14.2. The minimum atomic E-state index is 0.765. The molecule has 1 N–H and O–H groups in total. The lowest BCUT2D eigenvalue weighted by Crippen LogP contribution is -2.43. The Morgan fingerprint density at radius 1 is 1.42 bits per heavy atom. The first-order chi connectivity index (χ1) is 9.22. The number of nitrogens with one attached hydrogen (secondary N) is 1. The summed E-state index contributed by atoms with van der Waals surface area (Å²) in [7, 11) is 0. The minimum absolute atomic E-state index is 0.765. The molecule has 2 atom stereocenters. The number of hydrogen-bond donors (Lipinski definition) is 1. The van der Waals surface area contributed by atoms with Gasteiger partial charge in [0.2, 0.25) is 0 Å². The van der Waals surface area contributed by atoms with Crippen molar-refractivity contribution in [3.8, 4) is 0 Å². The molecule has 1 aromatic heterocycles. The van der Waals surface area contributed by atoms with Gasteiger partial charge in [0.25, 0.3) is 0 Å². The smallest absolute Gasteiger partial charge is 0.107 e. The molecule has 2 saturated heterocycles. The Balaban J connectivity index is 1.58. The predicted molar refractivity (Wildman–Crippen MR) is 86.1 cm³/mol. The Morgan fingerprint density at radius 2 is 2.32 bits per heavy atom. The quantitative estimate of drug-likeness (QED) is 0.868. The molecule has 0 spiro atoms. The monoisotopic (exact) mass is 362 g/mol. The lowest BCUT2D eigenvalue weighted by atomic mass is 9.90. The van der Waals surface area contributed by atoms with E-state index >= 15 is 0 Å². The summed E-state index contributed by atoms with van der Waals surface area (Å²) in [6, 6.07) is 2.94. The molecule has 5 heteroatoms. The topological polar surface area (TPSA) is 15.3 Å². The zero-order chi connectivity index (χ0) is 13.2. The number of piperidine rings is 1. The number of likely N-dealkylation sites (tertiary alicyclic amines) is 1. The summed E-state index contributed by atoms with van der Waals surface area (Å²) < 4.78 is 1.92. The van der Waals surface area contributed by atoms with Crippen LogP contribution in [0.25, 0.3) is 0 Å². The first-order valence-electron chi connectivity index (χ1n) is 7.12. The van der Waals surface area contributed by atoms with Crippen LogP contribution in [0.3, 0.4) is 0 Å². The predicted octanol–water partition coefficient (Wildman–Crippen LogP) is 4.13. The molecular weight excluding hydrogens is 344 g/mol. The van der Waals surface area contributed by atoms with Crippen molar-refractivity contribution in [2.45, 2.75) is 38.3 Å². The maximum absolute atomic E-state index is 6.12. The molecule has 1 aromatic rings. The van der Waals surface area contributed by atoms with E-state index in [-0.39, 0.29) is 0 Å². The highest BCUT2D eigenvalue weighted by Gasteiger charge is 2.29. The Hall–Kier alpha value is 0.390. The third-order valence-electron chi connectivity index (χ3n) is 4.29. The van der Waals surface area contributed by atoms with Gasteiger partial charge in [-0.15, -0.1) is 11.3 Å². The Kier molecular flexibility index (Phi) is 4.86. The number of halogens is 2. The zero-order valence-electron chi connectivity index (χ0n) is 11.0. The molecule has 0 aromatic carbocycles. The second-order valence-corrected chi connectivity index (χ2v) is 8.27. The van der Waals surface area contributed by atoms with Gasteiger partial charge in [-0.3, -0.25) is 4.90 Å². The lowest BCUT2D eigenvalue weighted by Gasteiger charge is -2.35. The van der Waals surface area contributed by atoms with Crippen molar-refractivity contribution in [2.24, 2.45) is 5.92 Å². The van der Waals surface area contributed by atoms with E-state index in [1.54, 1.807) is 11.3 Å². The first-order valence-corrected chi connectivity index (χ1v) is 9.10. The third-order valence-corrected chi connectivity index (χ3v) is 6.74. The van der Waals surface area contributed by atoms with Gasteiger partial charge >= 0.3 is 0 Å². The van der Waals surface area contributed by atoms with Crippen molar-refractivity contribution in [3.63, 3.8) is 0 Å². The molecule has 19 heavy (non-hydrogen) atoms. The van der Waals surface area contributed by atoms with E-state index in [0.29, 0.717) is 0 Å². The normalized spacial score (nSPS) is 28.9. The van der Waals surface area contributed by atoms with E-state index in [1.807, 2.05) is 0 Å². The van der Waals surface area contributed by atoms with Crippen molar-refractivity contribution < 1.29 is 0 Å². The number of rotatable bonds is 3. The van der Waals surface area contributed by atoms with Crippen LogP contribution >= 0.6 is 38.9 Å². The summed E-state index contributed by atoms with van der Waals surface area (Å²) in [5, 5.41) is 3.67. The van der Waals surface area contributed by atoms with Gasteiger partial charge in [-0.1, -0.05) is 11.6 Å². The summed E-state index contributed by atoms with van der Waals surface area (Å²) in [5.74, 6) is 0.843. The molecule has 0 amide bonds. The van der Waals surface area contributed by atoms with E-state index in [2.05, 4.69) is 32.2 Å². The Labute approximate surface area is 132 Å². The van der Waals surface area contributed by atoms with Crippen LogP contribution in [0.4, 0.5) is 0 Å².